The molecular formula is C56H54N2. The lowest BCUT2D eigenvalue weighted by Crippen LogP contribution is -2.15. The molecule has 0 saturated heterocycles. The summed E-state index contributed by atoms with van der Waals surface area (Å²) in [6, 6.07) is 59.4. The summed E-state index contributed by atoms with van der Waals surface area (Å²) in [6.45, 7) is 18.3. The Hall–Kier alpha value is -6.12. The number of hydrogen-bond acceptors (Lipinski definition) is 2. The molecule has 0 unspecified atom stereocenters. The van der Waals surface area contributed by atoms with Gasteiger partial charge in [-0.3, -0.25) is 0 Å². The number of hydrogen-bond donors (Lipinski definition) is 0. The van der Waals surface area contributed by atoms with Gasteiger partial charge in [-0.15, -0.1) is 0 Å². The first-order valence-corrected chi connectivity index (χ1v) is 21.2. The first-order valence-electron chi connectivity index (χ1n) is 21.2. The van der Waals surface area contributed by atoms with Crippen molar-refractivity contribution in [3.63, 3.8) is 0 Å². The monoisotopic (exact) mass is 754 g/mol. The molecule has 2 nitrogen and oxygen atoms in total. The molecule has 0 amide bonds. The molecule has 8 aromatic carbocycles. The summed E-state index contributed by atoms with van der Waals surface area (Å²) >= 11 is 0. The van der Waals surface area contributed by atoms with Crippen molar-refractivity contribution < 1.29 is 0 Å². The van der Waals surface area contributed by atoms with Crippen LogP contribution in [0.25, 0.3) is 43.8 Å². The van der Waals surface area contributed by atoms with Crippen molar-refractivity contribution in [2.24, 2.45) is 0 Å². The van der Waals surface area contributed by atoms with Crippen LogP contribution in [-0.2, 0) is 0 Å². The number of para-hydroxylation sites is 4. The van der Waals surface area contributed by atoms with Crippen LogP contribution in [0.5, 0.6) is 0 Å². The molecule has 0 spiro atoms. The molecule has 0 heterocycles. The highest BCUT2D eigenvalue weighted by Crippen LogP contribution is 2.52. The van der Waals surface area contributed by atoms with E-state index < -0.39 is 0 Å². The van der Waals surface area contributed by atoms with Gasteiger partial charge < -0.3 is 9.80 Å². The molecule has 0 N–H and O–H groups in total. The summed E-state index contributed by atoms with van der Waals surface area (Å²) in [5.74, 6) is 1.56. The van der Waals surface area contributed by atoms with Gasteiger partial charge in [-0.1, -0.05) is 140 Å². The van der Waals surface area contributed by atoms with E-state index in [2.05, 4.69) is 223 Å². The van der Waals surface area contributed by atoms with Crippen LogP contribution in [0.15, 0.2) is 158 Å². The molecule has 0 bridgehead atoms. The Labute approximate surface area is 345 Å². The summed E-state index contributed by atoms with van der Waals surface area (Å²) in [5.41, 5.74) is 18.0. The fourth-order valence-corrected chi connectivity index (χ4v) is 9.21. The standard InChI is InChI=1S/C56H54N2/c1-35(2)45-17-9-13-21-53(45)57(54-22-14-10-18-46(54)36(3)4)43-27-25-39-31-49-51(33-41(39)29-43)50-32-40-26-28-44(30-42(40)34-52(49)50)58(55-23-15-11-19-47(55)37(5)6)56-24-16-12-20-48(56)38(7)8/h9-38H,1-8H3. The first kappa shape index (κ1) is 37.5. The molecular weight excluding hydrogens is 701 g/mol. The molecule has 288 valence electrons. The van der Waals surface area contributed by atoms with E-state index in [1.54, 1.807) is 0 Å². The van der Waals surface area contributed by atoms with Crippen molar-refractivity contribution >= 4 is 55.7 Å². The van der Waals surface area contributed by atoms with Gasteiger partial charge in [-0.25, -0.2) is 0 Å². The maximum absolute atomic E-state index is 2.49. The van der Waals surface area contributed by atoms with Gasteiger partial charge in [0.1, 0.15) is 0 Å². The number of rotatable bonds is 10. The lowest BCUT2D eigenvalue weighted by atomic mass is 9.78. The van der Waals surface area contributed by atoms with Crippen LogP contribution in [0.3, 0.4) is 0 Å². The Balaban J connectivity index is 1.15. The van der Waals surface area contributed by atoms with Crippen molar-refractivity contribution in [2.75, 3.05) is 9.80 Å². The van der Waals surface area contributed by atoms with Crippen molar-refractivity contribution in [1.29, 1.82) is 0 Å². The first-order chi connectivity index (χ1) is 28.1. The van der Waals surface area contributed by atoms with E-state index in [0.717, 1.165) is 0 Å². The van der Waals surface area contributed by atoms with Crippen LogP contribution in [-0.4, -0.2) is 0 Å². The largest absolute Gasteiger partial charge is 0.310 e. The SMILES string of the molecule is CC(C)c1ccccc1N(c1ccc2cc3c(cc2c1)-c1cc2ccc(N(c4ccccc4C(C)C)c4ccccc4C(C)C)cc2cc1-3)c1ccccc1C(C)C. The normalized spacial score (nSPS) is 12.1. The van der Waals surface area contributed by atoms with E-state index in [4.69, 9.17) is 0 Å². The average molecular weight is 755 g/mol. The summed E-state index contributed by atoms with van der Waals surface area (Å²) in [4.78, 5) is 4.98. The van der Waals surface area contributed by atoms with Crippen LogP contribution < -0.4 is 9.80 Å². The molecule has 2 heteroatoms. The Kier molecular flexibility index (Phi) is 9.68. The molecule has 0 radical (unpaired) electrons. The Morgan fingerprint density at radius 2 is 0.534 bits per heavy atom. The smallest absolute Gasteiger partial charge is 0.0496 e. The van der Waals surface area contributed by atoms with Crippen LogP contribution >= 0.6 is 0 Å². The molecule has 0 aliphatic heterocycles. The summed E-state index contributed by atoms with van der Waals surface area (Å²) in [5, 5.41) is 5.04. The van der Waals surface area contributed by atoms with Crippen LogP contribution in [0.1, 0.15) is 101 Å². The molecule has 0 aromatic heterocycles. The molecule has 58 heavy (non-hydrogen) atoms. The van der Waals surface area contributed by atoms with E-state index in [-0.39, 0.29) is 0 Å². The molecule has 8 aromatic rings. The third-order valence-electron chi connectivity index (χ3n) is 12.2. The third kappa shape index (κ3) is 6.45. The summed E-state index contributed by atoms with van der Waals surface area (Å²) < 4.78 is 0. The van der Waals surface area contributed by atoms with Crippen LogP contribution in [0.2, 0.25) is 0 Å². The van der Waals surface area contributed by atoms with Crippen molar-refractivity contribution in [2.45, 2.75) is 79.1 Å². The van der Waals surface area contributed by atoms with E-state index in [1.165, 1.54) is 100 Å². The highest BCUT2D eigenvalue weighted by molar-refractivity contribution is 6.12. The molecule has 0 saturated carbocycles. The second-order valence-corrected chi connectivity index (χ2v) is 17.4. The minimum absolute atomic E-state index is 0.391. The van der Waals surface area contributed by atoms with Gasteiger partial charge in [-0.05, 0) is 163 Å². The zero-order valence-electron chi connectivity index (χ0n) is 35.2. The Morgan fingerprint density at radius 1 is 0.276 bits per heavy atom. The Morgan fingerprint density at radius 3 is 0.810 bits per heavy atom. The summed E-state index contributed by atoms with van der Waals surface area (Å²) in [6.07, 6.45) is 0. The lowest BCUT2D eigenvalue weighted by Gasteiger charge is -2.32. The number of anilines is 6. The number of benzene rings is 8. The predicted molar refractivity (Wildman–Crippen MR) is 252 cm³/mol. The number of fused-ring (bicyclic) bond motifs is 6. The fourth-order valence-electron chi connectivity index (χ4n) is 9.21. The van der Waals surface area contributed by atoms with Crippen LogP contribution in [0.4, 0.5) is 34.1 Å². The van der Waals surface area contributed by atoms with Crippen molar-refractivity contribution in [3.8, 4) is 22.3 Å². The molecule has 0 fully saturated rings. The average Bonchev–Trinajstić information content (AvgIpc) is 3.23. The van der Waals surface area contributed by atoms with Gasteiger partial charge in [0.15, 0.2) is 0 Å². The highest BCUT2D eigenvalue weighted by Gasteiger charge is 2.27. The minimum Gasteiger partial charge on any atom is -0.310 e. The van der Waals surface area contributed by atoms with E-state index in [1.807, 2.05) is 0 Å². The number of nitrogens with zero attached hydrogens (tertiary/aromatic N) is 2. The van der Waals surface area contributed by atoms with E-state index in [9.17, 15) is 0 Å². The molecule has 1 aliphatic carbocycles. The zero-order valence-corrected chi connectivity index (χ0v) is 35.2. The maximum atomic E-state index is 2.49. The van der Waals surface area contributed by atoms with Crippen molar-refractivity contribution in [1.82, 2.24) is 0 Å². The third-order valence-corrected chi connectivity index (χ3v) is 12.2. The second kappa shape index (κ2) is 15.0. The van der Waals surface area contributed by atoms with E-state index >= 15 is 0 Å². The predicted octanol–water partition coefficient (Wildman–Crippen LogP) is 17.1. The second-order valence-electron chi connectivity index (χ2n) is 17.4. The van der Waals surface area contributed by atoms with Crippen LogP contribution in [0, 0.1) is 0 Å². The fraction of sp³-hybridized carbons (Fsp3) is 0.214. The van der Waals surface area contributed by atoms with Crippen molar-refractivity contribution in [3.05, 3.63) is 180 Å². The van der Waals surface area contributed by atoms with Gasteiger partial charge in [0.2, 0.25) is 0 Å². The van der Waals surface area contributed by atoms with E-state index in [0.29, 0.717) is 23.7 Å². The van der Waals surface area contributed by atoms with Gasteiger partial charge in [-0.2, -0.15) is 0 Å². The van der Waals surface area contributed by atoms with Gasteiger partial charge in [0, 0.05) is 34.1 Å². The minimum atomic E-state index is 0.391. The van der Waals surface area contributed by atoms with Gasteiger partial charge >= 0.3 is 0 Å². The Bertz CT molecular complexity index is 2510. The topological polar surface area (TPSA) is 6.48 Å². The van der Waals surface area contributed by atoms with Gasteiger partial charge in [0.05, 0.1) is 0 Å². The highest BCUT2D eigenvalue weighted by atomic mass is 15.2. The maximum Gasteiger partial charge on any atom is 0.0496 e. The quantitative estimate of drug-likeness (QED) is 0.137. The van der Waals surface area contributed by atoms with Gasteiger partial charge in [0.25, 0.3) is 0 Å². The zero-order chi connectivity index (χ0) is 40.2. The lowest BCUT2D eigenvalue weighted by molar-refractivity contribution is 0.854. The summed E-state index contributed by atoms with van der Waals surface area (Å²) in [7, 11) is 0. The molecule has 0 atom stereocenters. The molecule has 1 aliphatic rings. The molecule has 9 rings (SSSR count).